The second-order valence-corrected chi connectivity index (χ2v) is 8.40. The Morgan fingerprint density at radius 2 is 1.78 bits per heavy atom. The number of carbonyl (C=O) groups excluding carboxylic acids is 1. The van der Waals surface area contributed by atoms with Crippen molar-refractivity contribution < 1.29 is 14.3 Å². The Bertz CT molecular complexity index is 1340. The molecule has 0 aliphatic carbocycles. The van der Waals surface area contributed by atoms with E-state index in [4.69, 9.17) is 9.47 Å². The van der Waals surface area contributed by atoms with E-state index >= 15 is 0 Å². The van der Waals surface area contributed by atoms with Crippen LogP contribution < -0.4 is 4.74 Å². The smallest absolute Gasteiger partial charge is 0.210 e. The average molecular weight is 425 g/mol. The maximum atomic E-state index is 13.1. The van der Waals surface area contributed by atoms with E-state index in [1.807, 2.05) is 72.2 Å². The molecule has 1 aromatic carbocycles. The zero-order chi connectivity index (χ0) is 22.3. The van der Waals surface area contributed by atoms with Gasteiger partial charge < -0.3 is 13.9 Å². The lowest BCUT2D eigenvalue weighted by Crippen LogP contribution is -2.29. The van der Waals surface area contributed by atoms with Gasteiger partial charge in [-0.05, 0) is 68.3 Å². The van der Waals surface area contributed by atoms with Crippen LogP contribution in [0.2, 0.25) is 0 Å². The van der Waals surface area contributed by atoms with Gasteiger partial charge in [-0.1, -0.05) is 12.1 Å². The molecule has 4 aromatic rings. The number of aryl methyl sites for hydroxylation is 1. The first-order valence-electron chi connectivity index (χ1n) is 10.5. The van der Waals surface area contributed by atoms with Gasteiger partial charge in [-0.3, -0.25) is 9.78 Å². The van der Waals surface area contributed by atoms with E-state index < -0.39 is 5.60 Å². The highest BCUT2D eigenvalue weighted by atomic mass is 16.5. The van der Waals surface area contributed by atoms with Crippen molar-refractivity contribution in [3.05, 3.63) is 95.7 Å². The molecule has 5 rings (SSSR count). The molecular formula is C26H23N3O3. The number of benzene rings is 1. The van der Waals surface area contributed by atoms with Crippen LogP contribution in [0.3, 0.4) is 0 Å². The van der Waals surface area contributed by atoms with Crippen LogP contribution in [0, 0.1) is 6.92 Å². The summed E-state index contributed by atoms with van der Waals surface area (Å²) >= 11 is 0. The van der Waals surface area contributed by atoms with Crippen molar-refractivity contribution in [2.75, 3.05) is 0 Å². The summed E-state index contributed by atoms with van der Waals surface area (Å²) in [6.07, 6.45) is 7.34. The Hall–Kier alpha value is -3.93. The van der Waals surface area contributed by atoms with E-state index in [1.54, 1.807) is 26.2 Å². The Morgan fingerprint density at radius 3 is 2.53 bits per heavy atom. The Balaban J connectivity index is 1.38. The van der Waals surface area contributed by atoms with Crippen molar-refractivity contribution >= 4 is 22.8 Å². The van der Waals surface area contributed by atoms with Crippen LogP contribution in [0.25, 0.3) is 17.0 Å². The molecule has 4 heterocycles. The minimum atomic E-state index is -0.912. The third-order valence-corrected chi connectivity index (χ3v) is 5.50. The van der Waals surface area contributed by atoms with Crippen LogP contribution in [-0.2, 0) is 16.1 Å². The van der Waals surface area contributed by atoms with Gasteiger partial charge in [0.2, 0.25) is 5.78 Å². The minimum absolute atomic E-state index is 0.0435. The first-order valence-corrected chi connectivity index (χ1v) is 10.5. The van der Waals surface area contributed by atoms with Gasteiger partial charge in [0, 0.05) is 30.4 Å². The van der Waals surface area contributed by atoms with Crippen LogP contribution in [0.4, 0.5) is 0 Å². The first kappa shape index (κ1) is 20.0. The second-order valence-electron chi connectivity index (χ2n) is 8.40. The molecule has 0 bridgehead atoms. The van der Waals surface area contributed by atoms with Crippen LogP contribution >= 0.6 is 0 Å². The molecule has 160 valence electrons. The van der Waals surface area contributed by atoms with Crippen molar-refractivity contribution in [1.29, 1.82) is 0 Å². The third kappa shape index (κ3) is 3.64. The zero-order valence-electron chi connectivity index (χ0n) is 18.2. The summed E-state index contributed by atoms with van der Waals surface area (Å²) in [6, 6.07) is 15.3. The van der Waals surface area contributed by atoms with Crippen LogP contribution in [0.5, 0.6) is 5.75 Å². The fourth-order valence-corrected chi connectivity index (χ4v) is 3.81. The number of imidazole rings is 1. The molecule has 32 heavy (non-hydrogen) atoms. The van der Waals surface area contributed by atoms with Crippen molar-refractivity contribution in [3.8, 4) is 5.75 Å². The summed E-state index contributed by atoms with van der Waals surface area (Å²) in [5.74, 6) is 1.24. The van der Waals surface area contributed by atoms with E-state index in [-0.39, 0.29) is 5.78 Å². The van der Waals surface area contributed by atoms with Crippen molar-refractivity contribution in [1.82, 2.24) is 14.4 Å². The molecule has 0 spiro atoms. The molecule has 6 heteroatoms. The molecule has 0 saturated heterocycles. The number of ketones is 1. The number of fused-ring (bicyclic) bond motifs is 1. The van der Waals surface area contributed by atoms with Gasteiger partial charge in [-0.25, -0.2) is 4.98 Å². The minimum Gasteiger partial charge on any atom is -0.487 e. The topological polar surface area (TPSA) is 65.7 Å². The number of rotatable bonds is 5. The molecule has 0 unspecified atom stereocenters. The summed E-state index contributed by atoms with van der Waals surface area (Å²) in [5, 5.41) is 0. The third-order valence-electron chi connectivity index (χ3n) is 5.50. The number of aromatic nitrogens is 3. The van der Waals surface area contributed by atoms with Gasteiger partial charge in [0.15, 0.2) is 5.60 Å². The normalized spacial score (nSPS) is 15.3. The highest BCUT2D eigenvalue weighted by molar-refractivity contribution is 6.32. The quantitative estimate of drug-likeness (QED) is 0.457. The summed E-state index contributed by atoms with van der Waals surface area (Å²) in [6.45, 7) is 5.98. The number of Topliss-reactive ketones (excluding diaryl/α,β-unsaturated/α-hetero) is 1. The number of hydrogen-bond donors (Lipinski definition) is 0. The van der Waals surface area contributed by atoms with Crippen LogP contribution in [0.1, 0.15) is 36.2 Å². The number of carbonyl (C=O) groups is 1. The van der Waals surface area contributed by atoms with Crippen molar-refractivity contribution in [2.24, 2.45) is 0 Å². The number of ether oxygens (including phenoxy) is 2. The lowest BCUT2D eigenvalue weighted by molar-refractivity contribution is -0.125. The first-order chi connectivity index (χ1) is 15.4. The molecular weight excluding hydrogens is 402 g/mol. The monoisotopic (exact) mass is 425 g/mol. The van der Waals surface area contributed by atoms with E-state index in [1.165, 1.54) is 5.56 Å². The number of nitrogens with zero attached hydrogens (tertiary/aromatic N) is 3. The molecule has 0 atom stereocenters. The van der Waals surface area contributed by atoms with Gasteiger partial charge in [-0.2, -0.15) is 0 Å². The van der Waals surface area contributed by atoms with Gasteiger partial charge >= 0.3 is 0 Å². The maximum absolute atomic E-state index is 13.1. The molecule has 1 aliphatic rings. The van der Waals surface area contributed by atoms with Crippen LogP contribution in [-0.4, -0.2) is 25.8 Å². The van der Waals surface area contributed by atoms with E-state index in [0.717, 1.165) is 22.5 Å². The maximum Gasteiger partial charge on any atom is 0.210 e. The number of pyridine rings is 2. The molecule has 0 N–H and O–H groups in total. The summed E-state index contributed by atoms with van der Waals surface area (Å²) < 4.78 is 14.0. The SMILES string of the molecule is Cc1ccn2cc(COc3ccc(C4=C(c5ccncc5)OC(C)(C)C4=O)cc3)nc2c1. The second kappa shape index (κ2) is 7.64. The molecule has 0 radical (unpaired) electrons. The molecule has 0 saturated carbocycles. The Kier molecular flexibility index (Phi) is 4.78. The van der Waals surface area contributed by atoms with Gasteiger partial charge in [-0.15, -0.1) is 0 Å². The van der Waals surface area contributed by atoms with Gasteiger partial charge in [0.1, 0.15) is 23.8 Å². The Morgan fingerprint density at radius 1 is 1.03 bits per heavy atom. The molecule has 0 amide bonds. The highest BCUT2D eigenvalue weighted by Crippen LogP contribution is 2.41. The summed E-state index contributed by atoms with van der Waals surface area (Å²) in [4.78, 5) is 21.7. The fraction of sp³-hybridized carbons (Fsp3) is 0.192. The lowest BCUT2D eigenvalue weighted by atomic mass is 9.93. The van der Waals surface area contributed by atoms with Gasteiger partial charge in [0.05, 0.1) is 11.3 Å². The van der Waals surface area contributed by atoms with Crippen molar-refractivity contribution in [2.45, 2.75) is 33.0 Å². The predicted octanol–water partition coefficient (Wildman–Crippen LogP) is 4.86. The van der Waals surface area contributed by atoms with E-state index in [2.05, 4.69) is 9.97 Å². The molecule has 0 fully saturated rings. The number of hydrogen-bond acceptors (Lipinski definition) is 5. The van der Waals surface area contributed by atoms with Gasteiger partial charge in [0.25, 0.3) is 0 Å². The highest BCUT2D eigenvalue weighted by Gasteiger charge is 2.42. The largest absolute Gasteiger partial charge is 0.487 e. The molecule has 6 nitrogen and oxygen atoms in total. The zero-order valence-corrected chi connectivity index (χ0v) is 18.2. The standard InChI is InChI=1S/C26H23N3O3/c1-17-10-13-29-15-20(28-22(29)14-17)16-31-21-6-4-18(5-7-21)23-24(19-8-11-27-12-9-19)32-26(2,3)25(23)30/h4-15H,16H2,1-3H3. The molecule has 3 aromatic heterocycles. The Labute approximate surface area is 186 Å². The summed E-state index contributed by atoms with van der Waals surface area (Å²) in [5.41, 5.74) is 4.20. The van der Waals surface area contributed by atoms with Crippen molar-refractivity contribution in [3.63, 3.8) is 0 Å². The average Bonchev–Trinajstić information content (AvgIpc) is 3.30. The fourth-order valence-electron chi connectivity index (χ4n) is 3.81. The lowest BCUT2D eigenvalue weighted by Gasteiger charge is -2.17. The molecule has 1 aliphatic heterocycles. The van der Waals surface area contributed by atoms with E-state index in [0.29, 0.717) is 23.7 Å². The van der Waals surface area contributed by atoms with Crippen LogP contribution in [0.15, 0.2) is 73.3 Å². The predicted molar refractivity (Wildman–Crippen MR) is 122 cm³/mol. The summed E-state index contributed by atoms with van der Waals surface area (Å²) in [7, 11) is 0. The van der Waals surface area contributed by atoms with E-state index in [9.17, 15) is 4.79 Å².